The highest BCUT2D eigenvalue weighted by Gasteiger charge is 2.23. The van der Waals surface area contributed by atoms with Crippen molar-refractivity contribution in [3.63, 3.8) is 0 Å². The summed E-state index contributed by atoms with van der Waals surface area (Å²) >= 11 is 0. The van der Waals surface area contributed by atoms with E-state index in [1.54, 1.807) is 28.9 Å². The number of hydrogen-bond donors (Lipinski definition) is 0. The van der Waals surface area contributed by atoms with Gasteiger partial charge in [-0.05, 0) is 42.5 Å². The molecule has 2 heterocycles. The van der Waals surface area contributed by atoms with Crippen molar-refractivity contribution in [2.45, 2.75) is 26.0 Å². The first-order chi connectivity index (χ1) is 13.6. The molecule has 0 radical (unpaired) electrons. The Kier molecular flexibility index (Phi) is 5.10. The molecule has 1 fully saturated rings. The molecule has 1 aromatic carbocycles. The standard InChI is InChI=1S/C20H19F2N3O3/c21-20(22)28-18-4-3-15(11-19(18)27-13-14-1-2-14)12-24-8-7-17(23-24)16-5-9-25(26)10-6-16/h3-11,14,20H,1-2,12-13H2. The van der Waals surface area contributed by atoms with Gasteiger partial charge in [-0.3, -0.25) is 4.68 Å². The highest BCUT2D eigenvalue weighted by Crippen LogP contribution is 2.34. The van der Waals surface area contributed by atoms with E-state index in [0.717, 1.165) is 29.7 Å². The minimum Gasteiger partial charge on any atom is -0.619 e. The number of rotatable bonds is 8. The molecule has 28 heavy (non-hydrogen) atoms. The summed E-state index contributed by atoms with van der Waals surface area (Å²) < 4.78 is 38.0. The normalized spacial score (nSPS) is 13.7. The van der Waals surface area contributed by atoms with Crippen molar-refractivity contribution in [2.24, 2.45) is 5.92 Å². The lowest BCUT2D eigenvalue weighted by atomic mass is 10.2. The Labute approximate surface area is 160 Å². The number of alkyl halides is 2. The SMILES string of the molecule is [O-][n+]1ccc(-c2ccn(Cc3ccc(OC(F)F)c(OCC4CC4)c3)n2)cc1. The van der Waals surface area contributed by atoms with Crippen LogP contribution in [0.25, 0.3) is 11.3 Å². The van der Waals surface area contributed by atoms with E-state index in [1.165, 1.54) is 18.5 Å². The maximum atomic E-state index is 12.6. The van der Waals surface area contributed by atoms with Gasteiger partial charge in [-0.25, -0.2) is 0 Å². The van der Waals surface area contributed by atoms with Gasteiger partial charge in [0.2, 0.25) is 0 Å². The average Bonchev–Trinajstić information content (AvgIpc) is 3.39. The van der Waals surface area contributed by atoms with Crippen LogP contribution in [0.4, 0.5) is 8.78 Å². The van der Waals surface area contributed by atoms with Gasteiger partial charge in [0.15, 0.2) is 23.9 Å². The second-order valence-electron chi connectivity index (χ2n) is 6.76. The predicted molar refractivity (Wildman–Crippen MR) is 97.0 cm³/mol. The number of hydrogen-bond acceptors (Lipinski definition) is 4. The Bertz CT molecular complexity index is 940. The molecule has 0 bridgehead atoms. The summed E-state index contributed by atoms with van der Waals surface area (Å²) in [6.45, 7) is -1.95. The monoisotopic (exact) mass is 387 g/mol. The molecule has 8 heteroatoms. The lowest BCUT2D eigenvalue weighted by Gasteiger charge is -2.13. The Morgan fingerprint density at radius 2 is 1.93 bits per heavy atom. The van der Waals surface area contributed by atoms with Gasteiger partial charge in [-0.15, -0.1) is 0 Å². The number of halogens is 2. The third kappa shape index (κ3) is 4.57. The van der Waals surface area contributed by atoms with Gasteiger partial charge in [-0.2, -0.15) is 18.6 Å². The Morgan fingerprint density at radius 1 is 1.14 bits per heavy atom. The predicted octanol–water partition coefficient (Wildman–Crippen LogP) is 3.62. The second kappa shape index (κ2) is 7.84. The maximum Gasteiger partial charge on any atom is 0.387 e. The molecule has 146 valence electrons. The van der Waals surface area contributed by atoms with Crippen LogP contribution in [-0.2, 0) is 6.54 Å². The van der Waals surface area contributed by atoms with E-state index < -0.39 is 6.61 Å². The van der Waals surface area contributed by atoms with Gasteiger partial charge in [-0.1, -0.05) is 6.07 Å². The van der Waals surface area contributed by atoms with Crippen molar-refractivity contribution in [1.82, 2.24) is 9.78 Å². The molecule has 3 aromatic rings. The molecule has 0 spiro atoms. The molecular formula is C20H19F2N3O3. The van der Waals surface area contributed by atoms with Crippen molar-refractivity contribution in [3.05, 3.63) is 65.8 Å². The summed E-state index contributed by atoms with van der Waals surface area (Å²) in [6, 6.07) is 10.2. The smallest absolute Gasteiger partial charge is 0.387 e. The molecule has 4 rings (SSSR count). The van der Waals surface area contributed by atoms with Crippen LogP contribution >= 0.6 is 0 Å². The van der Waals surface area contributed by atoms with Crippen LogP contribution in [0.2, 0.25) is 0 Å². The van der Waals surface area contributed by atoms with Crippen LogP contribution in [-0.4, -0.2) is 23.0 Å². The zero-order valence-corrected chi connectivity index (χ0v) is 15.0. The molecule has 2 aromatic heterocycles. The number of benzene rings is 1. The van der Waals surface area contributed by atoms with Crippen LogP contribution in [0.1, 0.15) is 18.4 Å². The van der Waals surface area contributed by atoms with Gasteiger partial charge in [0.1, 0.15) is 0 Å². The fraction of sp³-hybridized carbons (Fsp3) is 0.300. The van der Waals surface area contributed by atoms with E-state index in [2.05, 4.69) is 9.84 Å². The van der Waals surface area contributed by atoms with Gasteiger partial charge in [0.05, 0.1) is 18.8 Å². The van der Waals surface area contributed by atoms with Gasteiger partial charge in [0, 0.05) is 23.9 Å². The molecule has 1 aliphatic carbocycles. The van der Waals surface area contributed by atoms with E-state index in [4.69, 9.17) is 4.74 Å². The molecule has 1 aliphatic rings. The summed E-state index contributed by atoms with van der Waals surface area (Å²) in [7, 11) is 0. The highest BCUT2D eigenvalue weighted by atomic mass is 19.3. The van der Waals surface area contributed by atoms with E-state index in [9.17, 15) is 14.0 Å². The lowest BCUT2D eigenvalue weighted by molar-refractivity contribution is -0.605. The summed E-state index contributed by atoms with van der Waals surface area (Å²) in [5, 5.41) is 15.7. The first-order valence-corrected chi connectivity index (χ1v) is 9.00. The fourth-order valence-corrected chi connectivity index (χ4v) is 2.82. The third-order valence-corrected chi connectivity index (χ3v) is 4.48. The van der Waals surface area contributed by atoms with E-state index in [-0.39, 0.29) is 5.75 Å². The Balaban J connectivity index is 1.50. The van der Waals surface area contributed by atoms with Gasteiger partial charge >= 0.3 is 6.61 Å². The number of aromatic nitrogens is 3. The topological polar surface area (TPSA) is 63.2 Å². The van der Waals surface area contributed by atoms with E-state index >= 15 is 0 Å². The molecule has 0 unspecified atom stereocenters. The molecule has 0 aliphatic heterocycles. The van der Waals surface area contributed by atoms with Gasteiger partial charge < -0.3 is 14.7 Å². The summed E-state index contributed by atoms with van der Waals surface area (Å²) in [6.07, 6.45) is 6.86. The molecule has 0 N–H and O–H groups in total. The lowest BCUT2D eigenvalue weighted by Crippen LogP contribution is -2.23. The van der Waals surface area contributed by atoms with Crippen LogP contribution in [0.5, 0.6) is 11.5 Å². The zero-order chi connectivity index (χ0) is 19.5. The fourth-order valence-electron chi connectivity index (χ4n) is 2.82. The van der Waals surface area contributed by atoms with Gasteiger partial charge in [0.25, 0.3) is 0 Å². The van der Waals surface area contributed by atoms with E-state index in [1.807, 2.05) is 12.3 Å². The molecule has 0 atom stereocenters. The minimum absolute atomic E-state index is 0.0377. The Hall–Kier alpha value is -3.16. The largest absolute Gasteiger partial charge is 0.619 e. The zero-order valence-electron chi connectivity index (χ0n) is 15.0. The first kappa shape index (κ1) is 18.2. The summed E-state index contributed by atoms with van der Waals surface area (Å²) in [5.41, 5.74) is 2.43. The molecule has 0 amide bonds. The molecule has 0 saturated heterocycles. The number of pyridine rings is 1. The second-order valence-corrected chi connectivity index (χ2v) is 6.76. The summed E-state index contributed by atoms with van der Waals surface area (Å²) in [5.74, 6) is 0.853. The minimum atomic E-state index is -2.90. The highest BCUT2D eigenvalue weighted by molar-refractivity contribution is 5.57. The average molecular weight is 387 g/mol. The van der Waals surface area contributed by atoms with Crippen molar-refractivity contribution in [3.8, 4) is 22.8 Å². The summed E-state index contributed by atoms with van der Waals surface area (Å²) in [4.78, 5) is 0. The number of nitrogens with zero attached hydrogens (tertiary/aromatic N) is 3. The van der Waals surface area contributed by atoms with Crippen LogP contribution < -0.4 is 14.2 Å². The Morgan fingerprint density at radius 3 is 2.64 bits per heavy atom. The molecular weight excluding hydrogens is 368 g/mol. The maximum absolute atomic E-state index is 12.6. The molecule has 1 saturated carbocycles. The third-order valence-electron chi connectivity index (χ3n) is 4.48. The van der Waals surface area contributed by atoms with Crippen LogP contribution in [0.3, 0.4) is 0 Å². The van der Waals surface area contributed by atoms with E-state index in [0.29, 0.717) is 29.5 Å². The van der Waals surface area contributed by atoms with Crippen molar-refractivity contribution in [1.29, 1.82) is 0 Å². The van der Waals surface area contributed by atoms with Crippen LogP contribution in [0.15, 0.2) is 55.0 Å². The number of ether oxygens (including phenoxy) is 2. The molecule has 6 nitrogen and oxygen atoms in total. The first-order valence-electron chi connectivity index (χ1n) is 9.00. The van der Waals surface area contributed by atoms with Crippen LogP contribution in [0, 0.1) is 11.1 Å². The van der Waals surface area contributed by atoms with Crippen molar-refractivity contribution in [2.75, 3.05) is 6.61 Å². The van der Waals surface area contributed by atoms with Crippen molar-refractivity contribution < 1.29 is 23.0 Å². The quantitative estimate of drug-likeness (QED) is 0.437. The van der Waals surface area contributed by atoms with Crippen molar-refractivity contribution >= 4 is 0 Å².